The molecule has 0 aromatic rings. The Morgan fingerprint density at radius 1 is 1.27 bits per heavy atom. The Labute approximate surface area is 85.9 Å². The van der Waals surface area contributed by atoms with Gasteiger partial charge in [0.25, 0.3) is 0 Å². The van der Waals surface area contributed by atoms with Crippen LogP contribution in [-0.2, 0) is 9.59 Å². The predicted octanol–water partition coefficient (Wildman–Crippen LogP) is 0.751. The maximum atomic E-state index is 10.7. The monoisotopic (exact) mass is 219 g/mol. The zero-order valence-corrected chi connectivity index (χ0v) is 8.30. The maximum absolute atomic E-state index is 10.7. The van der Waals surface area contributed by atoms with Crippen LogP contribution >= 0.6 is 0 Å². The lowest BCUT2D eigenvalue weighted by molar-refractivity contribution is -0.542. The van der Waals surface area contributed by atoms with Crippen LogP contribution in [0.3, 0.4) is 0 Å². The van der Waals surface area contributed by atoms with Crippen LogP contribution in [0.25, 0.3) is 0 Å². The van der Waals surface area contributed by atoms with E-state index in [4.69, 9.17) is 10.2 Å². The lowest BCUT2D eigenvalue weighted by Crippen LogP contribution is -2.53. The fraction of sp³-hybridized carbons (Fsp3) is 0.750. The van der Waals surface area contributed by atoms with Crippen LogP contribution in [0.4, 0.5) is 0 Å². The molecule has 2 N–H and O–H groups in total. The molecule has 0 amide bonds. The van der Waals surface area contributed by atoms with Gasteiger partial charge in [-0.3, -0.25) is 10.1 Å². The Hall–Kier alpha value is -1.66. The number of carboxylic acid groups (broad SMARTS) is 2. The molecule has 86 valence electrons. The number of carboxylic acids is 2. The summed E-state index contributed by atoms with van der Waals surface area (Å²) in [6, 6.07) is 0. The van der Waals surface area contributed by atoms with Crippen molar-refractivity contribution >= 4 is 11.9 Å². The first-order chi connectivity index (χ1) is 6.89. The van der Waals surface area contributed by atoms with E-state index in [1.807, 2.05) is 6.92 Å². The lowest BCUT2D eigenvalue weighted by atomic mass is 9.93. The molecule has 0 fully saturated rings. The van der Waals surface area contributed by atoms with Crippen molar-refractivity contribution < 1.29 is 24.7 Å². The zero-order chi connectivity index (χ0) is 12.1. The fourth-order valence-electron chi connectivity index (χ4n) is 1.18. The van der Waals surface area contributed by atoms with Crippen molar-refractivity contribution in [2.24, 2.45) is 0 Å². The molecule has 0 spiro atoms. The van der Waals surface area contributed by atoms with Gasteiger partial charge >= 0.3 is 17.5 Å². The summed E-state index contributed by atoms with van der Waals surface area (Å²) in [5.41, 5.74) is -2.89. The molecule has 0 aliphatic heterocycles. The highest BCUT2D eigenvalue weighted by Gasteiger charge is 2.59. The quantitative estimate of drug-likeness (QED) is 0.282. The molecule has 0 radical (unpaired) electrons. The molecule has 0 heterocycles. The topological polar surface area (TPSA) is 118 Å². The first-order valence-corrected chi connectivity index (χ1v) is 4.50. The molecule has 0 aliphatic rings. The van der Waals surface area contributed by atoms with Crippen molar-refractivity contribution in [1.82, 2.24) is 0 Å². The van der Waals surface area contributed by atoms with Crippen LogP contribution < -0.4 is 0 Å². The van der Waals surface area contributed by atoms with Gasteiger partial charge < -0.3 is 10.2 Å². The van der Waals surface area contributed by atoms with Crippen LogP contribution in [0.15, 0.2) is 0 Å². The smallest absolute Gasteiger partial charge is 0.410 e. The van der Waals surface area contributed by atoms with Gasteiger partial charge in [-0.05, 0) is 6.42 Å². The second-order valence-electron chi connectivity index (χ2n) is 3.18. The van der Waals surface area contributed by atoms with Gasteiger partial charge in [0.15, 0.2) is 0 Å². The Morgan fingerprint density at radius 3 is 2.00 bits per heavy atom. The molecule has 0 atom stereocenters. The number of aliphatic carboxylic acids is 2. The minimum absolute atomic E-state index is 0.204. The van der Waals surface area contributed by atoms with Gasteiger partial charge in [0, 0.05) is 6.42 Å². The number of unbranched alkanes of at least 4 members (excludes halogenated alkanes) is 2. The van der Waals surface area contributed by atoms with E-state index in [0.717, 1.165) is 6.42 Å². The minimum Gasteiger partial charge on any atom is -0.475 e. The van der Waals surface area contributed by atoms with Crippen molar-refractivity contribution in [3.63, 3.8) is 0 Å². The van der Waals surface area contributed by atoms with Gasteiger partial charge in [0.05, 0.1) is 4.92 Å². The highest BCUT2D eigenvalue weighted by Crippen LogP contribution is 2.20. The van der Waals surface area contributed by atoms with E-state index in [1.54, 1.807) is 0 Å². The van der Waals surface area contributed by atoms with Crippen molar-refractivity contribution in [3.8, 4) is 0 Å². The minimum atomic E-state index is -2.89. The molecule has 0 aromatic carbocycles. The summed E-state index contributed by atoms with van der Waals surface area (Å²) in [5, 5.41) is 27.8. The number of nitro groups is 1. The molecular weight excluding hydrogens is 206 g/mol. The number of carbonyl (C=O) groups is 2. The van der Waals surface area contributed by atoms with E-state index < -0.39 is 28.8 Å². The fourth-order valence-corrected chi connectivity index (χ4v) is 1.18. The van der Waals surface area contributed by atoms with Gasteiger partial charge in [-0.25, -0.2) is 9.59 Å². The predicted molar refractivity (Wildman–Crippen MR) is 49.1 cm³/mol. The summed E-state index contributed by atoms with van der Waals surface area (Å²) < 4.78 is 0. The first kappa shape index (κ1) is 13.3. The van der Waals surface area contributed by atoms with Gasteiger partial charge in [-0.15, -0.1) is 0 Å². The van der Waals surface area contributed by atoms with E-state index in [2.05, 4.69) is 0 Å². The Morgan fingerprint density at radius 2 is 1.73 bits per heavy atom. The molecule has 7 heteroatoms. The summed E-state index contributed by atoms with van der Waals surface area (Å²) in [6.45, 7) is 1.83. The van der Waals surface area contributed by atoms with Crippen molar-refractivity contribution in [2.75, 3.05) is 0 Å². The first-order valence-electron chi connectivity index (χ1n) is 4.50. The van der Waals surface area contributed by atoms with Gasteiger partial charge in [0.1, 0.15) is 0 Å². The Kier molecular flexibility index (Phi) is 4.69. The molecule has 7 nitrogen and oxygen atoms in total. The second kappa shape index (κ2) is 5.28. The summed E-state index contributed by atoms with van der Waals surface area (Å²) in [4.78, 5) is 30.7. The molecule has 0 unspecified atom stereocenters. The average Bonchev–Trinajstić information content (AvgIpc) is 2.10. The maximum Gasteiger partial charge on any atom is 0.410 e. The zero-order valence-electron chi connectivity index (χ0n) is 8.30. The van der Waals surface area contributed by atoms with Crippen LogP contribution in [0.1, 0.15) is 32.6 Å². The van der Waals surface area contributed by atoms with Crippen molar-refractivity contribution in [2.45, 2.75) is 38.1 Å². The lowest BCUT2D eigenvalue weighted by Gasteiger charge is -2.15. The highest BCUT2D eigenvalue weighted by molar-refractivity contribution is 6.01. The van der Waals surface area contributed by atoms with Gasteiger partial charge in [0.2, 0.25) is 0 Å². The summed E-state index contributed by atoms with van der Waals surface area (Å²) in [6.07, 6.45) is 1.01. The molecular formula is C8H13NO6. The third kappa shape index (κ3) is 2.64. The summed E-state index contributed by atoms with van der Waals surface area (Å²) in [5.74, 6) is -3.84. The normalized spacial score (nSPS) is 11.0. The van der Waals surface area contributed by atoms with Gasteiger partial charge in [-0.1, -0.05) is 19.8 Å². The number of hydrogen-bond acceptors (Lipinski definition) is 4. The summed E-state index contributed by atoms with van der Waals surface area (Å²) in [7, 11) is 0. The van der Waals surface area contributed by atoms with Crippen molar-refractivity contribution in [3.05, 3.63) is 10.1 Å². The average molecular weight is 219 g/mol. The Bertz CT molecular complexity index is 238. The number of rotatable bonds is 7. The number of hydrogen-bond donors (Lipinski definition) is 2. The second-order valence-corrected chi connectivity index (χ2v) is 3.18. The SMILES string of the molecule is CCCCCC(C(=O)O)(C(=O)O)[N+](=O)[O-]. The molecule has 15 heavy (non-hydrogen) atoms. The highest BCUT2D eigenvalue weighted by atomic mass is 16.6. The van der Waals surface area contributed by atoms with Crippen LogP contribution in [0, 0.1) is 10.1 Å². The largest absolute Gasteiger partial charge is 0.475 e. The standard InChI is InChI=1S/C8H13NO6/c1-2-3-4-5-8(6(10)11,7(12)13)9(14)15/h2-5H2,1H3,(H,10,11)(H,12,13). The third-order valence-corrected chi connectivity index (χ3v) is 2.16. The molecule has 0 rings (SSSR count). The molecule has 0 bridgehead atoms. The summed E-state index contributed by atoms with van der Waals surface area (Å²) >= 11 is 0. The molecule has 0 aromatic heterocycles. The molecule has 0 aliphatic carbocycles. The van der Waals surface area contributed by atoms with E-state index >= 15 is 0 Å². The molecule has 0 saturated carbocycles. The van der Waals surface area contributed by atoms with Crippen LogP contribution in [0.2, 0.25) is 0 Å². The van der Waals surface area contributed by atoms with Crippen molar-refractivity contribution in [1.29, 1.82) is 0 Å². The van der Waals surface area contributed by atoms with Crippen LogP contribution in [0.5, 0.6) is 0 Å². The Balaban J connectivity index is 4.90. The van der Waals surface area contributed by atoms with E-state index in [0.29, 0.717) is 6.42 Å². The number of nitrogens with zero attached hydrogens (tertiary/aromatic N) is 1. The van der Waals surface area contributed by atoms with E-state index in [1.165, 1.54) is 0 Å². The third-order valence-electron chi connectivity index (χ3n) is 2.16. The van der Waals surface area contributed by atoms with Gasteiger partial charge in [-0.2, -0.15) is 0 Å². The van der Waals surface area contributed by atoms with Crippen LogP contribution in [-0.4, -0.2) is 32.6 Å². The molecule has 0 saturated heterocycles. The van der Waals surface area contributed by atoms with E-state index in [-0.39, 0.29) is 6.42 Å². The van der Waals surface area contributed by atoms with E-state index in [9.17, 15) is 19.7 Å².